The Bertz CT molecular complexity index is 1110. The van der Waals surface area contributed by atoms with Crippen molar-refractivity contribution in [3.63, 3.8) is 0 Å². The Hall–Kier alpha value is -2.79. The lowest BCUT2D eigenvalue weighted by Crippen LogP contribution is -2.39. The number of imide groups is 1. The highest BCUT2D eigenvalue weighted by atomic mass is 35.5. The molecule has 1 aliphatic heterocycles. The number of ether oxygens (including phenoxy) is 1. The molecule has 0 bridgehead atoms. The van der Waals surface area contributed by atoms with E-state index in [1.807, 2.05) is 48.1 Å². The number of para-hydroxylation sites is 1. The van der Waals surface area contributed by atoms with Crippen molar-refractivity contribution >= 4 is 40.2 Å². The Morgan fingerprint density at radius 3 is 2.54 bits per heavy atom. The normalized spacial score (nSPS) is 16.5. The summed E-state index contributed by atoms with van der Waals surface area (Å²) >= 11 is 6.17. The van der Waals surface area contributed by atoms with Gasteiger partial charge in [-0.15, -0.1) is 0 Å². The maximum Gasteiger partial charge on any atom is 0.421 e. The van der Waals surface area contributed by atoms with Crippen LogP contribution in [-0.4, -0.2) is 22.2 Å². The number of nitrogens with zero attached hydrogens (tertiary/aromatic N) is 2. The molecule has 0 aliphatic carbocycles. The molecule has 144 valence electrons. The van der Waals surface area contributed by atoms with Crippen molar-refractivity contribution in [1.29, 1.82) is 0 Å². The second kappa shape index (κ2) is 6.38. The van der Waals surface area contributed by atoms with E-state index in [4.69, 9.17) is 16.3 Å². The molecule has 1 atom stereocenters. The number of carbonyl (C=O) groups is 2. The highest BCUT2D eigenvalue weighted by Gasteiger charge is 2.44. The molecule has 3 aromatic rings. The van der Waals surface area contributed by atoms with E-state index in [-0.39, 0.29) is 5.91 Å². The minimum absolute atomic E-state index is 0.331. The van der Waals surface area contributed by atoms with Gasteiger partial charge in [0.1, 0.15) is 5.60 Å². The van der Waals surface area contributed by atoms with E-state index in [0.717, 1.165) is 26.9 Å². The van der Waals surface area contributed by atoms with Crippen molar-refractivity contribution < 1.29 is 14.3 Å². The Morgan fingerprint density at radius 1 is 1.11 bits per heavy atom. The number of hydrogen-bond donors (Lipinski definition) is 0. The quantitative estimate of drug-likeness (QED) is 0.564. The lowest BCUT2D eigenvalue weighted by atomic mass is 9.92. The van der Waals surface area contributed by atoms with Crippen LogP contribution >= 0.6 is 11.6 Å². The van der Waals surface area contributed by atoms with Crippen LogP contribution < -0.4 is 4.90 Å². The lowest BCUT2D eigenvalue weighted by Gasteiger charge is -2.24. The van der Waals surface area contributed by atoms with Gasteiger partial charge in [-0.1, -0.05) is 35.9 Å². The summed E-state index contributed by atoms with van der Waals surface area (Å²) in [6.07, 6.45) is 1.26. The first kappa shape index (κ1) is 18.6. The van der Waals surface area contributed by atoms with E-state index in [1.54, 1.807) is 32.9 Å². The molecule has 2 aromatic carbocycles. The average Bonchev–Trinajstić information content (AvgIpc) is 3.07. The number of benzene rings is 2. The summed E-state index contributed by atoms with van der Waals surface area (Å²) in [6.45, 7) is 5.31. The van der Waals surface area contributed by atoms with E-state index in [9.17, 15) is 9.59 Å². The SMILES string of the molecule is Cn1cc(C2C(=O)N(C(=O)OC(C)(C)C)c3cc(Cl)ccc32)c2ccccc21. The number of halogens is 1. The van der Waals surface area contributed by atoms with Gasteiger partial charge in [-0.2, -0.15) is 0 Å². The molecular formula is C22H21ClN2O3. The second-order valence-corrected chi connectivity index (χ2v) is 8.44. The number of aryl methyl sites for hydroxylation is 1. The molecule has 5 nitrogen and oxygen atoms in total. The first-order chi connectivity index (χ1) is 13.2. The van der Waals surface area contributed by atoms with Crippen LogP contribution in [0.5, 0.6) is 0 Å². The molecule has 6 heteroatoms. The summed E-state index contributed by atoms with van der Waals surface area (Å²) in [6, 6.07) is 13.1. The number of fused-ring (bicyclic) bond motifs is 2. The molecule has 2 amide bonds. The third-order valence-corrected chi connectivity index (χ3v) is 5.06. The summed E-state index contributed by atoms with van der Waals surface area (Å²) in [5, 5.41) is 1.44. The first-order valence-corrected chi connectivity index (χ1v) is 9.45. The van der Waals surface area contributed by atoms with Gasteiger partial charge in [0, 0.05) is 29.2 Å². The summed E-state index contributed by atoms with van der Waals surface area (Å²) < 4.78 is 7.47. The van der Waals surface area contributed by atoms with Gasteiger partial charge in [0.05, 0.1) is 11.6 Å². The minimum Gasteiger partial charge on any atom is -0.443 e. The molecule has 1 unspecified atom stereocenters. The fourth-order valence-electron chi connectivity index (χ4n) is 3.73. The smallest absolute Gasteiger partial charge is 0.421 e. The summed E-state index contributed by atoms with van der Waals surface area (Å²) in [5.74, 6) is -0.922. The van der Waals surface area contributed by atoms with E-state index in [0.29, 0.717) is 10.7 Å². The molecule has 0 saturated carbocycles. The Labute approximate surface area is 168 Å². The number of anilines is 1. The monoisotopic (exact) mass is 396 g/mol. The molecule has 1 aliphatic rings. The zero-order valence-electron chi connectivity index (χ0n) is 16.2. The van der Waals surface area contributed by atoms with Crippen LogP contribution in [0.1, 0.15) is 37.8 Å². The van der Waals surface area contributed by atoms with Crippen molar-refractivity contribution in [3.8, 4) is 0 Å². The molecule has 2 heterocycles. The van der Waals surface area contributed by atoms with Crippen molar-refractivity contribution in [2.24, 2.45) is 7.05 Å². The third-order valence-electron chi connectivity index (χ3n) is 4.83. The van der Waals surface area contributed by atoms with E-state index < -0.39 is 17.6 Å². The second-order valence-electron chi connectivity index (χ2n) is 8.00. The highest BCUT2D eigenvalue weighted by Crippen LogP contribution is 2.45. The maximum atomic E-state index is 13.4. The predicted molar refractivity (Wildman–Crippen MR) is 110 cm³/mol. The minimum atomic E-state index is -0.715. The molecule has 4 rings (SSSR count). The predicted octanol–water partition coefficient (Wildman–Crippen LogP) is 5.25. The maximum absolute atomic E-state index is 13.4. The van der Waals surface area contributed by atoms with Crippen LogP contribution in [0, 0.1) is 0 Å². The van der Waals surface area contributed by atoms with Crippen molar-refractivity contribution in [2.45, 2.75) is 32.3 Å². The molecule has 28 heavy (non-hydrogen) atoms. The van der Waals surface area contributed by atoms with Gasteiger partial charge >= 0.3 is 6.09 Å². The molecule has 0 spiro atoms. The number of rotatable bonds is 1. The van der Waals surface area contributed by atoms with Crippen LogP contribution in [0.3, 0.4) is 0 Å². The Balaban J connectivity index is 1.88. The largest absolute Gasteiger partial charge is 0.443 e. The molecule has 0 radical (unpaired) electrons. The van der Waals surface area contributed by atoms with Gasteiger partial charge in [0.2, 0.25) is 5.91 Å². The highest BCUT2D eigenvalue weighted by molar-refractivity contribution is 6.31. The Morgan fingerprint density at radius 2 is 1.82 bits per heavy atom. The van der Waals surface area contributed by atoms with E-state index in [2.05, 4.69) is 0 Å². The van der Waals surface area contributed by atoms with Gasteiger partial charge in [-0.05, 0) is 50.1 Å². The third kappa shape index (κ3) is 2.96. The van der Waals surface area contributed by atoms with Crippen LogP contribution in [0.15, 0.2) is 48.7 Å². The van der Waals surface area contributed by atoms with Gasteiger partial charge in [-0.3, -0.25) is 4.79 Å². The zero-order chi connectivity index (χ0) is 20.2. The van der Waals surface area contributed by atoms with Crippen molar-refractivity contribution in [2.75, 3.05) is 4.90 Å². The van der Waals surface area contributed by atoms with Crippen LogP contribution in [0.4, 0.5) is 10.5 Å². The molecule has 1 aromatic heterocycles. The fraction of sp³-hybridized carbons (Fsp3) is 0.273. The van der Waals surface area contributed by atoms with Gasteiger partial charge in [0.25, 0.3) is 0 Å². The number of carbonyl (C=O) groups excluding carboxylic acids is 2. The molecule has 0 saturated heterocycles. The van der Waals surface area contributed by atoms with E-state index in [1.165, 1.54) is 0 Å². The van der Waals surface area contributed by atoms with Gasteiger partial charge in [-0.25, -0.2) is 9.69 Å². The zero-order valence-corrected chi connectivity index (χ0v) is 16.9. The summed E-state index contributed by atoms with van der Waals surface area (Å²) in [7, 11) is 1.94. The fourth-order valence-corrected chi connectivity index (χ4v) is 3.90. The van der Waals surface area contributed by atoms with Crippen molar-refractivity contribution in [1.82, 2.24) is 4.57 Å². The van der Waals surface area contributed by atoms with Crippen molar-refractivity contribution in [3.05, 3.63) is 64.8 Å². The van der Waals surface area contributed by atoms with Gasteiger partial charge < -0.3 is 9.30 Å². The molecular weight excluding hydrogens is 376 g/mol. The lowest BCUT2D eigenvalue weighted by molar-refractivity contribution is -0.118. The van der Waals surface area contributed by atoms with Crippen LogP contribution in [-0.2, 0) is 16.6 Å². The van der Waals surface area contributed by atoms with Crippen LogP contribution in [0.25, 0.3) is 10.9 Å². The first-order valence-electron chi connectivity index (χ1n) is 9.08. The summed E-state index contributed by atoms with van der Waals surface area (Å²) in [5.41, 5.74) is 2.39. The topological polar surface area (TPSA) is 51.5 Å². The van der Waals surface area contributed by atoms with E-state index >= 15 is 0 Å². The average molecular weight is 397 g/mol. The molecule has 0 fully saturated rings. The number of aromatic nitrogens is 1. The standard InChI is InChI=1S/C22H21ClN2O3/c1-22(2,3)28-21(27)25-18-11-13(23)9-10-15(18)19(20(25)26)16-12-24(4)17-8-6-5-7-14(16)17/h5-12,19H,1-4H3. The number of hydrogen-bond acceptors (Lipinski definition) is 3. The molecule has 0 N–H and O–H groups in total. The Kier molecular flexibility index (Phi) is 4.23. The number of amides is 2. The summed E-state index contributed by atoms with van der Waals surface area (Å²) in [4.78, 5) is 27.4. The van der Waals surface area contributed by atoms with Gasteiger partial charge in [0.15, 0.2) is 0 Å². The van der Waals surface area contributed by atoms with Crippen LogP contribution in [0.2, 0.25) is 5.02 Å².